The van der Waals surface area contributed by atoms with Crippen LogP contribution in [0.25, 0.3) is 0 Å². The second-order valence-electron chi connectivity index (χ2n) is 8.96. The molecule has 7 heteroatoms. The summed E-state index contributed by atoms with van der Waals surface area (Å²) in [5.74, 6) is 0.817. The van der Waals surface area contributed by atoms with Crippen molar-refractivity contribution in [1.82, 2.24) is 15.1 Å². The molecule has 0 aromatic heterocycles. The van der Waals surface area contributed by atoms with Gasteiger partial charge in [-0.25, -0.2) is 9.79 Å². The van der Waals surface area contributed by atoms with Gasteiger partial charge < -0.3 is 9.80 Å². The van der Waals surface area contributed by atoms with Gasteiger partial charge in [-0.2, -0.15) is 0 Å². The van der Waals surface area contributed by atoms with Gasteiger partial charge in [-0.05, 0) is 12.8 Å². The van der Waals surface area contributed by atoms with Gasteiger partial charge in [-0.3, -0.25) is 10.1 Å². The number of thioether (sulfide) groups is 1. The van der Waals surface area contributed by atoms with Crippen molar-refractivity contribution in [3.63, 3.8) is 0 Å². The van der Waals surface area contributed by atoms with E-state index in [2.05, 4.69) is 24.1 Å². The molecule has 3 amide bonds. The number of amides is 3. The van der Waals surface area contributed by atoms with Crippen LogP contribution in [-0.2, 0) is 4.79 Å². The summed E-state index contributed by atoms with van der Waals surface area (Å²) < 4.78 is 0. The minimum Gasteiger partial charge on any atom is -0.336 e. The molecule has 178 valence electrons. The number of carbonyl (C=O) groups is 2. The van der Waals surface area contributed by atoms with E-state index in [1.807, 2.05) is 0 Å². The van der Waals surface area contributed by atoms with Gasteiger partial charge in [0.15, 0.2) is 17.4 Å². The quantitative estimate of drug-likeness (QED) is 0.302. The lowest BCUT2D eigenvalue weighted by Crippen LogP contribution is -2.63. The maximum atomic E-state index is 12.6. The average molecular weight is 453 g/mol. The highest BCUT2D eigenvalue weighted by atomic mass is 32.2. The summed E-state index contributed by atoms with van der Waals surface area (Å²) in [5.41, 5.74) is 0. The van der Waals surface area contributed by atoms with Crippen LogP contribution in [0.4, 0.5) is 4.79 Å². The van der Waals surface area contributed by atoms with Crippen molar-refractivity contribution < 1.29 is 9.59 Å². The molecule has 2 rings (SSSR count). The third kappa shape index (κ3) is 8.32. The minimum absolute atomic E-state index is 0.203. The van der Waals surface area contributed by atoms with Crippen LogP contribution in [0, 0.1) is 0 Å². The minimum atomic E-state index is -0.387. The first-order valence-corrected chi connectivity index (χ1v) is 13.6. The van der Waals surface area contributed by atoms with Crippen LogP contribution in [-0.4, -0.2) is 58.5 Å². The van der Waals surface area contributed by atoms with E-state index in [1.54, 1.807) is 23.7 Å². The Labute approximate surface area is 194 Å². The normalized spacial score (nSPS) is 20.8. The molecule has 6 nitrogen and oxygen atoms in total. The van der Waals surface area contributed by atoms with Crippen LogP contribution >= 0.6 is 11.8 Å². The van der Waals surface area contributed by atoms with Crippen molar-refractivity contribution in [2.75, 3.05) is 19.3 Å². The van der Waals surface area contributed by atoms with Crippen molar-refractivity contribution in [3.8, 4) is 0 Å². The van der Waals surface area contributed by atoms with Crippen LogP contribution in [0.15, 0.2) is 4.99 Å². The van der Waals surface area contributed by atoms with E-state index < -0.39 is 0 Å². The second-order valence-corrected chi connectivity index (χ2v) is 10.0. The van der Waals surface area contributed by atoms with Crippen molar-refractivity contribution in [3.05, 3.63) is 0 Å². The van der Waals surface area contributed by atoms with Gasteiger partial charge >= 0.3 is 6.03 Å². The number of unbranched alkanes of at least 4 members (excludes halogenated alkanes) is 12. The first-order valence-electron chi connectivity index (χ1n) is 12.6. The Balaban J connectivity index is 1.78. The third-order valence-corrected chi connectivity index (χ3v) is 7.40. The number of rotatable bonds is 16. The molecule has 1 N–H and O–H groups in total. The second kappa shape index (κ2) is 14.8. The van der Waals surface area contributed by atoms with E-state index in [0.29, 0.717) is 0 Å². The molecule has 2 heterocycles. The first-order chi connectivity index (χ1) is 15.1. The Bertz CT molecular complexity index is 584. The van der Waals surface area contributed by atoms with Crippen molar-refractivity contribution in [2.45, 2.75) is 116 Å². The Kier molecular flexibility index (Phi) is 12.4. The zero-order valence-corrected chi connectivity index (χ0v) is 20.9. The van der Waals surface area contributed by atoms with E-state index >= 15 is 0 Å². The summed E-state index contributed by atoms with van der Waals surface area (Å²) in [6.45, 7) is 5.32. The van der Waals surface area contributed by atoms with Crippen LogP contribution in [0.3, 0.4) is 0 Å². The third-order valence-electron chi connectivity index (χ3n) is 6.30. The van der Waals surface area contributed by atoms with Crippen molar-refractivity contribution in [1.29, 1.82) is 0 Å². The number of likely N-dealkylation sites (N-methyl/N-ethyl adjacent to an activating group) is 1. The Morgan fingerprint density at radius 2 is 1.39 bits per heavy atom. The fourth-order valence-electron chi connectivity index (χ4n) is 4.32. The Hall–Kier alpha value is -1.24. The lowest BCUT2D eigenvalue weighted by Gasteiger charge is -2.36. The maximum absolute atomic E-state index is 12.6. The van der Waals surface area contributed by atoms with Gasteiger partial charge in [0, 0.05) is 19.3 Å². The first kappa shape index (κ1) is 26.0. The van der Waals surface area contributed by atoms with Crippen LogP contribution in [0.2, 0.25) is 0 Å². The molecule has 0 aromatic rings. The molecular weight excluding hydrogens is 408 g/mol. The number of hydrogen-bond acceptors (Lipinski definition) is 5. The summed E-state index contributed by atoms with van der Waals surface area (Å²) in [7, 11) is 1.73. The number of amidine groups is 1. The monoisotopic (exact) mass is 452 g/mol. The van der Waals surface area contributed by atoms with Gasteiger partial charge in [0.25, 0.3) is 5.91 Å². The van der Waals surface area contributed by atoms with E-state index in [0.717, 1.165) is 23.9 Å². The van der Waals surface area contributed by atoms with Crippen molar-refractivity contribution >= 4 is 28.9 Å². The molecule has 0 bridgehead atoms. The molecule has 2 aliphatic heterocycles. The van der Waals surface area contributed by atoms with Gasteiger partial charge in [-0.15, -0.1) is 0 Å². The van der Waals surface area contributed by atoms with E-state index in [-0.39, 0.29) is 24.1 Å². The SMILES string of the molecule is CCCCCCCCCCCCN1C(SCCCCCC)=NC2C1C(=O)NC(=O)N2C. The average Bonchev–Trinajstić information content (AvgIpc) is 3.12. The number of hydrogen-bond donors (Lipinski definition) is 1. The number of carbonyl (C=O) groups excluding carboxylic acids is 2. The molecule has 31 heavy (non-hydrogen) atoms. The summed E-state index contributed by atoms with van der Waals surface area (Å²) in [5, 5.41) is 3.44. The van der Waals surface area contributed by atoms with E-state index in [4.69, 9.17) is 4.99 Å². The zero-order valence-electron chi connectivity index (χ0n) is 20.0. The van der Waals surface area contributed by atoms with Crippen LogP contribution < -0.4 is 5.32 Å². The van der Waals surface area contributed by atoms with Gasteiger partial charge in [0.1, 0.15) is 0 Å². The molecule has 2 aliphatic rings. The van der Waals surface area contributed by atoms with E-state index in [1.165, 1.54) is 83.5 Å². The number of nitrogens with one attached hydrogen (secondary N) is 1. The number of aliphatic imine (C=N–C) groups is 1. The van der Waals surface area contributed by atoms with Crippen molar-refractivity contribution in [2.24, 2.45) is 4.99 Å². The number of urea groups is 1. The topological polar surface area (TPSA) is 65.0 Å². The summed E-state index contributed by atoms with van der Waals surface area (Å²) in [6, 6.07) is -0.720. The summed E-state index contributed by atoms with van der Waals surface area (Å²) >= 11 is 1.75. The molecule has 0 aromatic carbocycles. The van der Waals surface area contributed by atoms with Gasteiger partial charge in [0.05, 0.1) is 0 Å². The highest BCUT2D eigenvalue weighted by Gasteiger charge is 2.48. The summed E-state index contributed by atoms with van der Waals surface area (Å²) in [6.07, 6.45) is 17.5. The lowest BCUT2D eigenvalue weighted by atomic mass is 10.1. The fourth-order valence-corrected chi connectivity index (χ4v) is 5.40. The molecule has 2 unspecified atom stereocenters. The molecular formula is C24H44N4O2S. The standard InChI is InChI=1S/C24H44N4O2S/c1-4-6-8-10-11-12-13-14-15-16-18-28-20-21(27(3)23(30)26-22(20)29)25-24(28)31-19-17-9-7-5-2/h20-21H,4-19H2,1-3H3,(H,26,29,30). The maximum Gasteiger partial charge on any atom is 0.325 e. The smallest absolute Gasteiger partial charge is 0.325 e. The molecule has 0 spiro atoms. The number of fused-ring (bicyclic) bond motifs is 1. The van der Waals surface area contributed by atoms with Crippen LogP contribution in [0.1, 0.15) is 104 Å². The van der Waals surface area contributed by atoms with Gasteiger partial charge in [-0.1, -0.05) is 103 Å². The van der Waals surface area contributed by atoms with Gasteiger partial charge in [0.2, 0.25) is 0 Å². The van der Waals surface area contributed by atoms with Crippen LogP contribution in [0.5, 0.6) is 0 Å². The largest absolute Gasteiger partial charge is 0.336 e. The summed E-state index contributed by atoms with van der Waals surface area (Å²) in [4.78, 5) is 33.2. The predicted octanol–water partition coefficient (Wildman–Crippen LogP) is 5.77. The Morgan fingerprint density at radius 3 is 2.00 bits per heavy atom. The molecule has 0 radical (unpaired) electrons. The molecule has 1 fully saturated rings. The molecule has 2 atom stereocenters. The zero-order chi connectivity index (χ0) is 22.5. The number of imide groups is 1. The highest BCUT2D eigenvalue weighted by molar-refractivity contribution is 8.13. The van der Waals surface area contributed by atoms with E-state index in [9.17, 15) is 9.59 Å². The lowest BCUT2D eigenvalue weighted by molar-refractivity contribution is -0.127. The number of nitrogens with zero attached hydrogens (tertiary/aromatic N) is 3. The molecule has 0 saturated carbocycles. The fraction of sp³-hybridized carbons (Fsp3) is 0.875. The highest BCUT2D eigenvalue weighted by Crippen LogP contribution is 2.29. The predicted molar refractivity (Wildman–Crippen MR) is 131 cm³/mol. The Morgan fingerprint density at radius 1 is 0.839 bits per heavy atom. The molecule has 0 aliphatic carbocycles. The molecule has 1 saturated heterocycles.